The highest BCUT2D eigenvalue weighted by Gasteiger charge is 2.23. The first kappa shape index (κ1) is 17.5. The minimum atomic E-state index is -0.378. The van der Waals surface area contributed by atoms with Gasteiger partial charge in [0.05, 0.1) is 6.54 Å². The van der Waals surface area contributed by atoms with E-state index in [0.29, 0.717) is 43.1 Å². The van der Waals surface area contributed by atoms with Crippen molar-refractivity contribution in [1.29, 1.82) is 0 Å². The molecule has 1 saturated heterocycles. The van der Waals surface area contributed by atoms with Crippen molar-refractivity contribution < 1.29 is 19.1 Å². The maximum atomic E-state index is 12.1. The highest BCUT2D eigenvalue weighted by Crippen LogP contribution is 2.19. The van der Waals surface area contributed by atoms with Gasteiger partial charge in [0.15, 0.2) is 0 Å². The lowest BCUT2D eigenvalue weighted by Gasteiger charge is -2.13. The zero-order chi connectivity index (χ0) is 18.4. The van der Waals surface area contributed by atoms with Crippen molar-refractivity contribution in [2.24, 2.45) is 0 Å². The molecule has 0 bridgehead atoms. The molecule has 2 N–H and O–H groups in total. The Bertz CT molecular complexity index is 790. The SMILES string of the molecule is O=C(NCCNC(=O)c1ccc(N2CCOC2=O)cc1)c1ccccc1. The molecule has 26 heavy (non-hydrogen) atoms. The van der Waals surface area contributed by atoms with E-state index in [1.807, 2.05) is 6.07 Å². The number of carbonyl (C=O) groups excluding carboxylic acids is 3. The highest BCUT2D eigenvalue weighted by molar-refractivity contribution is 5.96. The molecule has 7 heteroatoms. The monoisotopic (exact) mass is 353 g/mol. The van der Waals surface area contributed by atoms with Crippen LogP contribution in [0, 0.1) is 0 Å². The third-order valence-electron chi connectivity index (χ3n) is 3.93. The van der Waals surface area contributed by atoms with E-state index in [-0.39, 0.29) is 17.9 Å². The molecular weight excluding hydrogens is 334 g/mol. The standard InChI is InChI=1S/C19H19N3O4/c23-17(14-4-2-1-3-5-14)20-10-11-21-18(24)15-6-8-16(9-7-15)22-12-13-26-19(22)25/h1-9H,10-13H2,(H,20,23)(H,21,24). The minimum absolute atomic E-state index is 0.179. The second kappa shape index (κ2) is 8.15. The van der Waals surface area contributed by atoms with E-state index in [0.717, 1.165) is 0 Å². The molecule has 0 aliphatic carbocycles. The maximum absolute atomic E-state index is 12.1. The number of nitrogens with zero attached hydrogens (tertiary/aromatic N) is 1. The van der Waals surface area contributed by atoms with Crippen LogP contribution in [0.15, 0.2) is 54.6 Å². The van der Waals surface area contributed by atoms with Gasteiger partial charge in [0.2, 0.25) is 0 Å². The first-order valence-electron chi connectivity index (χ1n) is 8.31. The molecule has 0 atom stereocenters. The molecule has 1 fully saturated rings. The van der Waals surface area contributed by atoms with Gasteiger partial charge in [-0.25, -0.2) is 4.79 Å². The van der Waals surface area contributed by atoms with E-state index in [1.54, 1.807) is 48.5 Å². The lowest BCUT2D eigenvalue weighted by atomic mass is 10.2. The van der Waals surface area contributed by atoms with Gasteiger partial charge in [0, 0.05) is 29.9 Å². The predicted octanol–water partition coefficient (Wildman–Crippen LogP) is 1.80. The van der Waals surface area contributed by atoms with Gasteiger partial charge in [-0.15, -0.1) is 0 Å². The Hall–Kier alpha value is -3.35. The van der Waals surface area contributed by atoms with Crippen molar-refractivity contribution in [2.75, 3.05) is 31.1 Å². The third kappa shape index (κ3) is 4.18. The Morgan fingerprint density at radius 1 is 0.885 bits per heavy atom. The number of carbonyl (C=O) groups is 3. The van der Waals surface area contributed by atoms with Crippen molar-refractivity contribution >= 4 is 23.6 Å². The van der Waals surface area contributed by atoms with Crippen LogP contribution < -0.4 is 15.5 Å². The molecule has 0 spiro atoms. The van der Waals surface area contributed by atoms with Gasteiger partial charge in [0.25, 0.3) is 11.8 Å². The molecule has 1 aliphatic heterocycles. The molecule has 1 heterocycles. The first-order chi connectivity index (χ1) is 12.6. The van der Waals surface area contributed by atoms with Crippen LogP contribution in [0.1, 0.15) is 20.7 Å². The van der Waals surface area contributed by atoms with E-state index in [2.05, 4.69) is 10.6 Å². The Balaban J connectivity index is 1.45. The summed E-state index contributed by atoms with van der Waals surface area (Å²) in [5.74, 6) is -0.420. The summed E-state index contributed by atoms with van der Waals surface area (Å²) in [6.45, 7) is 1.52. The molecule has 3 rings (SSSR count). The number of rotatable bonds is 6. The van der Waals surface area contributed by atoms with E-state index in [1.165, 1.54) is 4.90 Å². The van der Waals surface area contributed by atoms with Crippen LogP contribution in [0.25, 0.3) is 0 Å². The van der Waals surface area contributed by atoms with Crippen molar-refractivity contribution in [3.05, 3.63) is 65.7 Å². The molecule has 2 aromatic carbocycles. The third-order valence-corrected chi connectivity index (χ3v) is 3.93. The smallest absolute Gasteiger partial charge is 0.414 e. The second-order valence-corrected chi connectivity index (χ2v) is 5.69. The molecular formula is C19H19N3O4. The quantitative estimate of drug-likeness (QED) is 0.775. The van der Waals surface area contributed by atoms with Crippen molar-refractivity contribution in [3.8, 4) is 0 Å². The zero-order valence-electron chi connectivity index (χ0n) is 14.1. The van der Waals surface area contributed by atoms with Gasteiger partial charge in [-0.3, -0.25) is 14.5 Å². The fraction of sp³-hybridized carbons (Fsp3) is 0.211. The van der Waals surface area contributed by atoms with Crippen molar-refractivity contribution in [3.63, 3.8) is 0 Å². The van der Waals surface area contributed by atoms with Crippen LogP contribution in [-0.2, 0) is 4.74 Å². The largest absolute Gasteiger partial charge is 0.447 e. The molecule has 1 aliphatic rings. The van der Waals surface area contributed by atoms with Gasteiger partial charge in [-0.1, -0.05) is 18.2 Å². The number of amides is 3. The van der Waals surface area contributed by atoms with Crippen LogP contribution >= 0.6 is 0 Å². The van der Waals surface area contributed by atoms with E-state index < -0.39 is 0 Å². The average molecular weight is 353 g/mol. The van der Waals surface area contributed by atoms with Gasteiger partial charge in [-0.05, 0) is 36.4 Å². The Kier molecular flexibility index (Phi) is 5.48. The van der Waals surface area contributed by atoms with Crippen LogP contribution in [0.4, 0.5) is 10.5 Å². The second-order valence-electron chi connectivity index (χ2n) is 5.69. The van der Waals surface area contributed by atoms with E-state index >= 15 is 0 Å². The van der Waals surface area contributed by atoms with Gasteiger partial charge in [0.1, 0.15) is 6.61 Å². The molecule has 3 amide bonds. The number of hydrogen-bond donors (Lipinski definition) is 2. The number of ether oxygens (including phenoxy) is 1. The Labute approximate surface area is 150 Å². The summed E-state index contributed by atoms with van der Waals surface area (Å²) in [5, 5.41) is 5.49. The Morgan fingerprint density at radius 2 is 1.46 bits per heavy atom. The number of anilines is 1. The highest BCUT2D eigenvalue weighted by atomic mass is 16.6. The number of cyclic esters (lactones) is 1. The fourth-order valence-corrected chi connectivity index (χ4v) is 2.57. The maximum Gasteiger partial charge on any atom is 0.414 e. The van der Waals surface area contributed by atoms with E-state index in [4.69, 9.17) is 4.74 Å². The summed E-state index contributed by atoms with van der Waals surface area (Å²) in [6, 6.07) is 15.6. The van der Waals surface area contributed by atoms with Gasteiger partial charge >= 0.3 is 6.09 Å². The summed E-state index contributed by atoms with van der Waals surface area (Å²) < 4.78 is 4.89. The van der Waals surface area contributed by atoms with Crippen LogP contribution in [-0.4, -0.2) is 44.1 Å². The zero-order valence-corrected chi connectivity index (χ0v) is 14.1. The topological polar surface area (TPSA) is 87.7 Å². The molecule has 0 radical (unpaired) electrons. The van der Waals surface area contributed by atoms with Crippen LogP contribution in [0.2, 0.25) is 0 Å². The lowest BCUT2D eigenvalue weighted by Crippen LogP contribution is -2.34. The predicted molar refractivity (Wildman–Crippen MR) is 96.2 cm³/mol. The van der Waals surface area contributed by atoms with Crippen LogP contribution in [0.5, 0.6) is 0 Å². The molecule has 0 unspecified atom stereocenters. The van der Waals surface area contributed by atoms with Gasteiger partial charge in [-0.2, -0.15) is 0 Å². The number of hydrogen-bond acceptors (Lipinski definition) is 4. The molecule has 0 saturated carbocycles. The van der Waals surface area contributed by atoms with E-state index in [9.17, 15) is 14.4 Å². The number of nitrogens with one attached hydrogen (secondary N) is 2. The molecule has 0 aromatic heterocycles. The fourth-order valence-electron chi connectivity index (χ4n) is 2.57. The number of benzene rings is 2. The summed E-state index contributed by atoms with van der Waals surface area (Å²) in [4.78, 5) is 37.0. The summed E-state index contributed by atoms with van der Waals surface area (Å²) in [6.07, 6.45) is -0.378. The summed E-state index contributed by atoms with van der Waals surface area (Å²) >= 11 is 0. The molecule has 7 nitrogen and oxygen atoms in total. The van der Waals surface area contributed by atoms with Crippen molar-refractivity contribution in [2.45, 2.75) is 0 Å². The Morgan fingerprint density at radius 3 is 2.00 bits per heavy atom. The normalized spacial score (nSPS) is 13.2. The van der Waals surface area contributed by atoms with Gasteiger partial charge < -0.3 is 15.4 Å². The summed E-state index contributed by atoms with van der Waals surface area (Å²) in [5.41, 5.74) is 1.75. The minimum Gasteiger partial charge on any atom is -0.447 e. The lowest BCUT2D eigenvalue weighted by molar-refractivity contribution is 0.0927. The van der Waals surface area contributed by atoms with Crippen LogP contribution in [0.3, 0.4) is 0 Å². The van der Waals surface area contributed by atoms with Crippen molar-refractivity contribution in [1.82, 2.24) is 10.6 Å². The average Bonchev–Trinajstić information content (AvgIpc) is 3.11. The first-order valence-corrected chi connectivity index (χ1v) is 8.31. The molecule has 2 aromatic rings. The molecule has 134 valence electrons. The summed E-state index contributed by atoms with van der Waals surface area (Å²) in [7, 11) is 0.